The third-order valence-corrected chi connectivity index (χ3v) is 2.79. The third kappa shape index (κ3) is 2.07. The average Bonchev–Trinajstić information content (AvgIpc) is 3.11. The first-order valence-corrected chi connectivity index (χ1v) is 5.43. The van der Waals surface area contributed by atoms with Crippen molar-refractivity contribution in [1.82, 2.24) is 9.97 Å². The van der Waals surface area contributed by atoms with Crippen LogP contribution in [0.3, 0.4) is 0 Å². The van der Waals surface area contributed by atoms with Crippen molar-refractivity contribution < 1.29 is 5.11 Å². The molecule has 1 aliphatic carbocycles. The van der Waals surface area contributed by atoms with Crippen LogP contribution in [0, 0.1) is 6.92 Å². The predicted octanol–water partition coefficient (Wildman–Crippen LogP) is 0.0317. The molecule has 1 fully saturated rings. The standard InChI is InChI=1S/C10H17N5O/c1-7-9(14-11)12-6-13-10(7)15(4-5-16)8-2-3-8/h6,8,16H,2-5,11H2,1H3,(H,12,13,14). The molecule has 4 N–H and O–H groups in total. The summed E-state index contributed by atoms with van der Waals surface area (Å²) in [4.78, 5) is 10.4. The Bertz CT molecular complexity index is 366. The molecule has 0 saturated heterocycles. The zero-order valence-electron chi connectivity index (χ0n) is 9.35. The van der Waals surface area contributed by atoms with E-state index in [1.807, 2.05) is 6.92 Å². The molecule has 1 aromatic heterocycles. The van der Waals surface area contributed by atoms with Crippen LogP contribution in [-0.2, 0) is 0 Å². The van der Waals surface area contributed by atoms with E-state index in [-0.39, 0.29) is 6.61 Å². The zero-order chi connectivity index (χ0) is 11.5. The molecule has 16 heavy (non-hydrogen) atoms. The highest BCUT2D eigenvalue weighted by atomic mass is 16.3. The van der Waals surface area contributed by atoms with Gasteiger partial charge in [-0.2, -0.15) is 0 Å². The van der Waals surface area contributed by atoms with Crippen LogP contribution < -0.4 is 16.2 Å². The number of rotatable bonds is 5. The molecule has 0 bridgehead atoms. The molecule has 0 atom stereocenters. The molecule has 88 valence electrons. The van der Waals surface area contributed by atoms with Gasteiger partial charge in [0.15, 0.2) is 0 Å². The van der Waals surface area contributed by atoms with Crippen molar-refractivity contribution in [2.24, 2.45) is 5.84 Å². The average molecular weight is 223 g/mol. The maximum atomic E-state index is 9.07. The van der Waals surface area contributed by atoms with Crippen LogP contribution in [0.2, 0.25) is 0 Å². The molecule has 0 unspecified atom stereocenters. The molecule has 6 nitrogen and oxygen atoms in total. The predicted molar refractivity (Wildman–Crippen MR) is 62.0 cm³/mol. The summed E-state index contributed by atoms with van der Waals surface area (Å²) in [7, 11) is 0. The van der Waals surface area contributed by atoms with Crippen LogP contribution in [0.25, 0.3) is 0 Å². The Morgan fingerprint density at radius 3 is 2.88 bits per heavy atom. The fourth-order valence-corrected chi connectivity index (χ4v) is 1.83. The van der Waals surface area contributed by atoms with Gasteiger partial charge < -0.3 is 15.4 Å². The Morgan fingerprint density at radius 1 is 1.56 bits per heavy atom. The lowest BCUT2D eigenvalue weighted by Gasteiger charge is -2.24. The van der Waals surface area contributed by atoms with E-state index in [0.29, 0.717) is 18.4 Å². The molecule has 0 amide bonds. The van der Waals surface area contributed by atoms with E-state index in [1.54, 1.807) is 0 Å². The van der Waals surface area contributed by atoms with Gasteiger partial charge in [-0.25, -0.2) is 15.8 Å². The number of aliphatic hydroxyl groups excluding tert-OH is 1. The van der Waals surface area contributed by atoms with E-state index >= 15 is 0 Å². The summed E-state index contributed by atoms with van der Waals surface area (Å²) >= 11 is 0. The van der Waals surface area contributed by atoms with Gasteiger partial charge >= 0.3 is 0 Å². The number of anilines is 2. The molecular weight excluding hydrogens is 206 g/mol. The second-order valence-electron chi connectivity index (χ2n) is 3.96. The number of nitrogens with zero attached hydrogens (tertiary/aromatic N) is 3. The Kier molecular flexibility index (Phi) is 3.21. The number of nitrogens with two attached hydrogens (primary N) is 1. The summed E-state index contributed by atoms with van der Waals surface area (Å²) in [5, 5.41) is 9.07. The van der Waals surface area contributed by atoms with Crippen molar-refractivity contribution >= 4 is 11.6 Å². The van der Waals surface area contributed by atoms with Crippen LogP contribution in [-0.4, -0.2) is 34.3 Å². The van der Waals surface area contributed by atoms with Gasteiger partial charge in [-0.3, -0.25) is 0 Å². The van der Waals surface area contributed by atoms with Crippen LogP contribution in [0.5, 0.6) is 0 Å². The third-order valence-electron chi connectivity index (χ3n) is 2.79. The number of hydrogen-bond donors (Lipinski definition) is 3. The van der Waals surface area contributed by atoms with Gasteiger partial charge in [0.05, 0.1) is 6.61 Å². The lowest BCUT2D eigenvalue weighted by molar-refractivity contribution is 0.301. The van der Waals surface area contributed by atoms with Gasteiger partial charge in [-0.05, 0) is 19.8 Å². The topological polar surface area (TPSA) is 87.3 Å². The highest BCUT2D eigenvalue weighted by Crippen LogP contribution is 2.32. The first-order chi connectivity index (χ1) is 7.77. The van der Waals surface area contributed by atoms with E-state index in [0.717, 1.165) is 24.2 Å². The summed E-state index contributed by atoms with van der Waals surface area (Å²) in [6.07, 6.45) is 3.81. The van der Waals surface area contributed by atoms with Gasteiger partial charge in [0.1, 0.15) is 18.0 Å². The molecule has 6 heteroatoms. The van der Waals surface area contributed by atoms with Crippen LogP contribution in [0.4, 0.5) is 11.6 Å². The summed E-state index contributed by atoms with van der Waals surface area (Å²) < 4.78 is 0. The minimum Gasteiger partial charge on any atom is -0.395 e. The largest absolute Gasteiger partial charge is 0.395 e. The number of nitrogens with one attached hydrogen (secondary N) is 1. The Hall–Kier alpha value is -1.40. The number of hydrazine groups is 1. The van der Waals surface area contributed by atoms with E-state index in [1.165, 1.54) is 6.33 Å². The highest BCUT2D eigenvalue weighted by Gasteiger charge is 2.30. The zero-order valence-corrected chi connectivity index (χ0v) is 9.35. The minimum absolute atomic E-state index is 0.130. The maximum Gasteiger partial charge on any atom is 0.148 e. The minimum atomic E-state index is 0.130. The smallest absolute Gasteiger partial charge is 0.148 e. The van der Waals surface area contributed by atoms with Crippen molar-refractivity contribution in [3.8, 4) is 0 Å². The fraction of sp³-hybridized carbons (Fsp3) is 0.600. The van der Waals surface area contributed by atoms with Gasteiger partial charge in [0, 0.05) is 18.2 Å². The molecule has 0 aliphatic heterocycles. The first-order valence-electron chi connectivity index (χ1n) is 5.43. The molecule has 0 aromatic carbocycles. The second kappa shape index (κ2) is 4.63. The first kappa shape index (κ1) is 11.1. The van der Waals surface area contributed by atoms with E-state index in [4.69, 9.17) is 10.9 Å². The lowest BCUT2D eigenvalue weighted by Crippen LogP contribution is -2.31. The molecule has 1 aromatic rings. The number of aliphatic hydroxyl groups is 1. The normalized spacial score (nSPS) is 14.9. The quantitative estimate of drug-likeness (QED) is 0.482. The molecule has 2 rings (SSSR count). The van der Waals surface area contributed by atoms with Gasteiger partial charge in [-0.1, -0.05) is 0 Å². The summed E-state index contributed by atoms with van der Waals surface area (Å²) in [5.41, 5.74) is 3.47. The van der Waals surface area contributed by atoms with Crippen LogP contribution >= 0.6 is 0 Å². The molecular formula is C10H17N5O. The Morgan fingerprint density at radius 2 is 2.31 bits per heavy atom. The Labute approximate surface area is 94.5 Å². The van der Waals surface area contributed by atoms with Crippen molar-refractivity contribution in [3.63, 3.8) is 0 Å². The Balaban J connectivity index is 2.29. The summed E-state index contributed by atoms with van der Waals surface area (Å²) in [6.45, 7) is 2.66. The fourth-order valence-electron chi connectivity index (χ4n) is 1.83. The molecule has 0 spiro atoms. The second-order valence-corrected chi connectivity index (χ2v) is 3.96. The molecule has 1 saturated carbocycles. The van der Waals surface area contributed by atoms with Crippen molar-refractivity contribution in [2.45, 2.75) is 25.8 Å². The van der Waals surface area contributed by atoms with Crippen molar-refractivity contribution in [1.29, 1.82) is 0 Å². The van der Waals surface area contributed by atoms with Crippen molar-refractivity contribution in [3.05, 3.63) is 11.9 Å². The van der Waals surface area contributed by atoms with Crippen LogP contribution in [0.15, 0.2) is 6.33 Å². The number of aromatic nitrogens is 2. The van der Waals surface area contributed by atoms with Gasteiger partial charge in [0.25, 0.3) is 0 Å². The highest BCUT2D eigenvalue weighted by molar-refractivity contribution is 5.58. The van der Waals surface area contributed by atoms with E-state index in [9.17, 15) is 0 Å². The SMILES string of the molecule is Cc1c(NN)ncnc1N(CCO)C1CC1. The van der Waals surface area contributed by atoms with E-state index < -0.39 is 0 Å². The lowest BCUT2D eigenvalue weighted by atomic mass is 10.3. The van der Waals surface area contributed by atoms with Crippen LogP contribution in [0.1, 0.15) is 18.4 Å². The van der Waals surface area contributed by atoms with Crippen molar-refractivity contribution in [2.75, 3.05) is 23.5 Å². The molecule has 1 aliphatic rings. The monoisotopic (exact) mass is 223 g/mol. The molecule has 1 heterocycles. The van der Waals surface area contributed by atoms with Gasteiger partial charge in [0.2, 0.25) is 0 Å². The number of nitrogen functional groups attached to an aromatic ring is 1. The number of hydrogen-bond acceptors (Lipinski definition) is 6. The van der Waals surface area contributed by atoms with Gasteiger partial charge in [-0.15, -0.1) is 0 Å². The maximum absolute atomic E-state index is 9.07. The summed E-state index contributed by atoms with van der Waals surface area (Å²) in [6, 6.07) is 0.506. The van der Waals surface area contributed by atoms with E-state index in [2.05, 4.69) is 20.3 Å². The molecule has 0 radical (unpaired) electrons. The summed E-state index contributed by atoms with van der Waals surface area (Å²) in [5.74, 6) is 6.87.